The van der Waals surface area contributed by atoms with Crippen LogP contribution in [0, 0.1) is 5.92 Å². The van der Waals surface area contributed by atoms with Crippen molar-refractivity contribution in [2.45, 2.75) is 52.2 Å². The lowest BCUT2D eigenvalue weighted by Crippen LogP contribution is -2.47. The number of likely N-dealkylation sites (tertiary alicyclic amines) is 1. The Morgan fingerprint density at radius 1 is 1.39 bits per heavy atom. The second-order valence-electron chi connectivity index (χ2n) is 6.96. The quantitative estimate of drug-likeness (QED) is 0.746. The van der Waals surface area contributed by atoms with Gasteiger partial charge in [-0.3, -0.25) is 4.79 Å². The molecule has 0 aromatic rings. The molecule has 0 saturated carbocycles. The maximum atomic E-state index is 12.1. The third kappa shape index (κ3) is 7.17. The van der Waals surface area contributed by atoms with Crippen molar-refractivity contribution >= 4 is 22.0 Å². The molecule has 23 heavy (non-hydrogen) atoms. The van der Waals surface area contributed by atoms with Gasteiger partial charge < -0.3 is 15.4 Å². The first-order valence-electron chi connectivity index (χ1n) is 7.67. The van der Waals surface area contributed by atoms with Gasteiger partial charge in [0.15, 0.2) is 0 Å². The van der Waals surface area contributed by atoms with Crippen molar-refractivity contribution in [2.24, 2.45) is 11.7 Å². The molecule has 1 fully saturated rings. The van der Waals surface area contributed by atoms with Crippen molar-refractivity contribution in [1.82, 2.24) is 9.62 Å². The van der Waals surface area contributed by atoms with Gasteiger partial charge in [0.05, 0.1) is 11.8 Å². The van der Waals surface area contributed by atoms with E-state index < -0.39 is 33.7 Å². The molecular weight excluding hydrogens is 322 g/mol. The molecule has 2 amide bonds. The molecule has 9 heteroatoms. The highest BCUT2D eigenvalue weighted by atomic mass is 32.2. The number of carbonyl (C=O) groups excluding carboxylic acids is 2. The van der Waals surface area contributed by atoms with E-state index in [-0.39, 0.29) is 11.7 Å². The van der Waals surface area contributed by atoms with Gasteiger partial charge in [-0.2, -0.15) is 0 Å². The minimum atomic E-state index is -3.64. The van der Waals surface area contributed by atoms with Crippen LogP contribution in [0.15, 0.2) is 0 Å². The maximum Gasteiger partial charge on any atom is 0.410 e. The van der Waals surface area contributed by atoms with Gasteiger partial charge in [-0.15, -0.1) is 0 Å². The molecule has 0 radical (unpaired) electrons. The van der Waals surface area contributed by atoms with E-state index in [2.05, 4.69) is 4.72 Å². The largest absolute Gasteiger partial charge is 0.444 e. The highest BCUT2D eigenvalue weighted by molar-refractivity contribution is 7.89. The summed E-state index contributed by atoms with van der Waals surface area (Å²) in [5.74, 6) is -1.08. The summed E-state index contributed by atoms with van der Waals surface area (Å²) in [6.07, 6.45) is 0.980. The van der Waals surface area contributed by atoms with Crippen molar-refractivity contribution < 1.29 is 22.7 Å². The van der Waals surface area contributed by atoms with Crippen molar-refractivity contribution in [1.29, 1.82) is 0 Å². The van der Waals surface area contributed by atoms with Crippen LogP contribution in [0.5, 0.6) is 0 Å². The smallest absolute Gasteiger partial charge is 0.410 e. The average Bonchev–Trinajstić information content (AvgIpc) is 2.35. The molecular formula is C14H27N3O5S. The number of ether oxygens (including phenoxy) is 1. The summed E-state index contributed by atoms with van der Waals surface area (Å²) in [6, 6.07) is -0.953. The Bertz CT molecular complexity index is 541. The average molecular weight is 349 g/mol. The van der Waals surface area contributed by atoms with Crippen LogP contribution in [0.1, 0.15) is 40.5 Å². The van der Waals surface area contributed by atoms with E-state index in [9.17, 15) is 18.0 Å². The summed E-state index contributed by atoms with van der Waals surface area (Å²) in [5.41, 5.74) is 4.47. The lowest BCUT2D eigenvalue weighted by atomic mass is 10.0. The van der Waals surface area contributed by atoms with Crippen molar-refractivity contribution in [3.63, 3.8) is 0 Å². The Balaban J connectivity index is 2.61. The molecule has 0 aromatic carbocycles. The second-order valence-corrected chi connectivity index (χ2v) is 8.76. The number of piperidine rings is 1. The Morgan fingerprint density at radius 2 is 2.00 bits per heavy atom. The van der Waals surface area contributed by atoms with Crippen molar-refractivity contribution in [3.8, 4) is 0 Å². The molecule has 0 spiro atoms. The first kappa shape index (κ1) is 19.7. The molecule has 0 aromatic heterocycles. The van der Waals surface area contributed by atoms with Gasteiger partial charge in [-0.25, -0.2) is 17.9 Å². The molecule has 3 N–H and O–H groups in total. The molecule has 134 valence electrons. The highest BCUT2D eigenvalue weighted by Crippen LogP contribution is 2.20. The van der Waals surface area contributed by atoms with Gasteiger partial charge in [0.2, 0.25) is 15.9 Å². The second kappa shape index (κ2) is 7.48. The third-order valence-corrected chi connectivity index (χ3v) is 5.03. The SMILES string of the molecule is C[C@@H](NS(=O)(=O)C[C@@H]1CCCN(C(=O)OC(C)(C)C)C1)C(N)=O. The number of nitrogens with two attached hydrogens (primary N) is 1. The van der Waals surface area contributed by atoms with Crippen LogP contribution in [0.2, 0.25) is 0 Å². The van der Waals surface area contributed by atoms with E-state index in [1.807, 2.05) is 0 Å². The molecule has 0 bridgehead atoms. The number of rotatable bonds is 5. The summed E-state index contributed by atoms with van der Waals surface area (Å²) in [6.45, 7) is 7.62. The molecule has 8 nitrogen and oxygen atoms in total. The molecule has 2 atom stereocenters. The maximum absolute atomic E-state index is 12.1. The van der Waals surface area contributed by atoms with Gasteiger partial charge >= 0.3 is 6.09 Å². The van der Waals surface area contributed by atoms with Gasteiger partial charge in [0.25, 0.3) is 0 Å². The summed E-state index contributed by atoms with van der Waals surface area (Å²) in [4.78, 5) is 24.6. The zero-order valence-electron chi connectivity index (χ0n) is 14.2. The third-order valence-electron chi connectivity index (χ3n) is 3.41. The Hall–Kier alpha value is -1.35. The number of nitrogens with zero attached hydrogens (tertiary/aromatic N) is 1. The lowest BCUT2D eigenvalue weighted by Gasteiger charge is -2.34. The van der Waals surface area contributed by atoms with Crippen LogP contribution in [0.4, 0.5) is 4.79 Å². The van der Waals surface area contributed by atoms with Gasteiger partial charge in [-0.05, 0) is 46.5 Å². The molecule has 0 aliphatic carbocycles. The molecule has 1 saturated heterocycles. The fraction of sp³-hybridized carbons (Fsp3) is 0.857. The van der Waals surface area contributed by atoms with Crippen LogP contribution >= 0.6 is 0 Å². The summed E-state index contributed by atoms with van der Waals surface area (Å²) < 4.78 is 31.7. The van der Waals surface area contributed by atoms with Crippen LogP contribution in [-0.2, 0) is 19.6 Å². The molecule has 1 rings (SSSR count). The standard InChI is InChI=1S/C14H27N3O5S/c1-10(12(15)18)16-23(20,21)9-11-6-5-7-17(8-11)13(19)22-14(2,3)4/h10-11,16H,5-9H2,1-4H3,(H2,15,18)/t10-,11-/m1/s1. The number of hydrogen-bond donors (Lipinski definition) is 2. The van der Waals surface area contributed by atoms with E-state index in [4.69, 9.17) is 10.5 Å². The van der Waals surface area contributed by atoms with Gasteiger partial charge in [-0.1, -0.05) is 0 Å². The van der Waals surface area contributed by atoms with E-state index in [0.29, 0.717) is 25.9 Å². The molecule has 1 aliphatic heterocycles. The summed E-state index contributed by atoms with van der Waals surface area (Å²) >= 11 is 0. The lowest BCUT2D eigenvalue weighted by molar-refractivity contribution is -0.119. The van der Waals surface area contributed by atoms with Crippen LogP contribution in [0.25, 0.3) is 0 Å². The summed E-state index contributed by atoms with van der Waals surface area (Å²) in [5, 5.41) is 0. The number of hydrogen-bond acceptors (Lipinski definition) is 5. The number of primary amides is 1. The number of sulfonamides is 1. The summed E-state index contributed by atoms with van der Waals surface area (Å²) in [7, 11) is -3.64. The zero-order valence-corrected chi connectivity index (χ0v) is 15.0. The van der Waals surface area contributed by atoms with E-state index in [1.54, 1.807) is 20.8 Å². The fourth-order valence-electron chi connectivity index (χ4n) is 2.38. The predicted molar refractivity (Wildman–Crippen MR) is 86.1 cm³/mol. The van der Waals surface area contributed by atoms with E-state index in [1.165, 1.54) is 11.8 Å². The minimum Gasteiger partial charge on any atom is -0.444 e. The normalized spacial score (nSPS) is 20.9. The zero-order chi connectivity index (χ0) is 17.8. The van der Waals surface area contributed by atoms with Crippen LogP contribution < -0.4 is 10.5 Å². The number of amides is 2. The van der Waals surface area contributed by atoms with E-state index in [0.717, 1.165) is 0 Å². The van der Waals surface area contributed by atoms with Crippen molar-refractivity contribution in [2.75, 3.05) is 18.8 Å². The first-order valence-corrected chi connectivity index (χ1v) is 9.32. The predicted octanol–water partition coefficient (Wildman–Crippen LogP) is 0.427. The van der Waals surface area contributed by atoms with Gasteiger partial charge in [0.1, 0.15) is 5.60 Å². The minimum absolute atomic E-state index is 0.149. The molecule has 1 heterocycles. The molecule has 0 unspecified atom stereocenters. The number of nitrogens with one attached hydrogen (secondary N) is 1. The Morgan fingerprint density at radius 3 is 2.52 bits per heavy atom. The Labute approximate surface area is 137 Å². The number of carbonyl (C=O) groups is 2. The van der Waals surface area contributed by atoms with Gasteiger partial charge in [0, 0.05) is 13.1 Å². The topological polar surface area (TPSA) is 119 Å². The van der Waals surface area contributed by atoms with Crippen LogP contribution in [-0.4, -0.2) is 55.8 Å². The van der Waals surface area contributed by atoms with Crippen molar-refractivity contribution in [3.05, 3.63) is 0 Å². The Kier molecular flexibility index (Phi) is 6.41. The van der Waals surface area contributed by atoms with Crippen LogP contribution in [0.3, 0.4) is 0 Å². The van der Waals surface area contributed by atoms with E-state index >= 15 is 0 Å². The molecule has 1 aliphatic rings. The highest BCUT2D eigenvalue weighted by Gasteiger charge is 2.30. The first-order chi connectivity index (χ1) is 10.4. The monoisotopic (exact) mass is 349 g/mol. The fourth-order valence-corrected chi connectivity index (χ4v) is 4.02.